The van der Waals surface area contributed by atoms with Gasteiger partial charge in [-0.2, -0.15) is 0 Å². The van der Waals surface area contributed by atoms with Gasteiger partial charge in [-0.3, -0.25) is 0 Å². The number of phenolic OH excluding ortho intramolecular Hbond substituents is 2. The Labute approximate surface area is 120 Å². The Morgan fingerprint density at radius 3 is 2.10 bits per heavy atom. The normalized spacial score (nSPS) is 10.8. The minimum atomic E-state index is 0.235. The van der Waals surface area contributed by atoms with Crippen LogP contribution < -0.4 is 0 Å². The quantitative estimate of drug-likeness (QED) is 0.806. The van der Waals surface area contributed by atoms with E-state index in [1.165, 1.54) is 11.1 Å². The van der Waals surface area contributed by atoms with Crippen LogP contribution in [0, 0.1) is 0 Å². The molecule has 2 rings (SSSR count). The molecule has 106 valence electrons. The van der Waals surface area contributed by atoms with Gasteiger partial charge in [-0.15, -0.1) is 0 Å². The SMILES string of the molecule is CCc1ccc(-c2c(O)ccc(O)c2CC)c(CC)c1. The summed E-state index contributed by atoms with van der Waals surface area (Å²) in [5, 5.41) is 20.3. The maximum absolute atomic E-state index is 10.2. The average molecular weight is 270 g/mol. The Balaban J connectivity index is 2.71. The van der Waals surface area contributed by atoms with Crippen molar-refractivity contribution in [1.29, 1.82) is 0 Å². The van der Waals surface area contributed by atoms with Crippen molar-refractivity contribution in [2.24, 2.45) is 0 Å². The molecular weight excluding hydrogens is 248 g/mol. The lowest BCUT2D eigenvalue weighted by atomic mass is 9.90. The van der Waals surface area contributed by atoms with E-state index in [1.54, 1.807) is 12.1 Å². The van der Waals surface area contributed by atoms with E-state index in [1.807, 2.05) is 6.92 Å². The highest BCUT2D eigenvalue weighted by Crippen LogP contribution is 2.39. The standard InChI is InChI=1S/C18H22O2/c1-4-12-7-8-15(13(5-2)11-12)18-14(6-3)16(19)9-10-17(18)20/h7-11,19-20H,4-6H2,1-3H3. The molecule has 0 unspecified atom stereocenters. The lowest BCUT2D eigenvalue weighted by molar-refractivity contribution is 0.456. The molecule has 2 aromatic carbocycles. The number of phenols is 2. The van der Waals surface area contributed by atoms with E-state index in [4.69, 9.17) is 0 Å². The molecule has 0 heterocycles. The molecule has 0 spiro atoms. The summed E-state index contributed by atoms with van der Waals surface area (Å²) in [6.45, 7) is 6.24. The molecule has 0 atom stereocenters. The van der Waals surface area contributed by atoms with E-state index in [2.05, 4.69) is 32.0 Å². The van der Waals surface area contributed by atoms with Crippen LogP contribution in [-0.2, 0) is 19.3 Å². The van der Waals surface area contributed by atoms with Gasteiger partial charge in [0.2, 0.25) is 0 Å². The zero-order chi connectivity index (χ0) is 14.7. The highest BCUT2D eigenvalue weighted by molar-refractivity contribution is 5.78. The summed E-state index contributed by atoms with van der Waals surface area (Å²) < 4.78 is 0. The van der Waals surface area contributed by atoms with Gasteiger partial charge in [0, 0.05) is 11.1 Å². The van der Waals surface area contributed by atoms with Crippen LogP contribution in [0.4, 0.5) is 0 Å². The average Bonchev–Trinajstić information content (AvgIpc) is 2.48. The summed E-state index contributed by atoms with van der Waals surface area (Å²) in [4.78, 5) is 0. The monoisotopic (exact) mass is 270 g/mol. The Kier molecular flexibility index (Phi) is 4.33. The molecule has 0 aromatic heterocycles. The molecule has 0 saturated heterocycles. The van der Waals surface area contributed by atoms with Crippen LogP contribution in [0.15, 0.2) is 30.3 Å². The van der Waals surface area contributed by atoms with Gasteiger partial charge in [0.05, 0.1) is 0 Å². The van der Waals surface area contributed by atoms with Crippen molar-refractivity contribution < 1.29 is 10.2 Å². The van der Waals surface area contributed by atoms with Crippen molar-refractivity contribution in [3.8, 4) is 22.6 Å². The van der Waals surface area contributed by atoms with E-state index in [9.17, 15) is 10.2 Å². The van der Waals surface area contributed by atoms with Crippen LogP contribution in [0.3, 0.4) is 0 Å². The minimum Gasteiger partial charge on any atom is -0.508 e. The predicted octanol–water partition coefficient (Wildman–Crippen LogP) is 4.45. The molecule has 2 heteroatoms. The number of hydrogen-bond acceptors (Lipinski definition) is 2. The van der Waals surface area contributed by atoms with Crippen LogP contribution >= 0.6 is 0 Å². The van der Waals surface area contributed by atoms with Crippen LogP contribution in [0.1, 0.15) is 37.5 Å². The Morgan fingerprint density at radius 1 is 0.800 bits per heavy atom. The van der Waals surface area contributed by atoms with Gasteiger partial charge in [0.25, 0.3) is 0 Å². The predicted molar refractivity (Wildman–Crippen MR) is 83.3 cm³/mol. The van der Waals surface area contributed by atoms with Gasteiger partial charge in [0.1, 0.15) is 11.5 Å². The van der Waals surface area contributed by atoms with E-state index >= 15 is 0 Å². The molecule has 0 amide bonds. The first-order valence-electron chi connectivity index (χ1n) is 7.28. The summed E-state index contributed by atoms with van der Waals surface area (Å²) in [7, 11) is 0. The number of aryl methyl sites for hydroxylation is 2. The smallest absolute Gasteiger partial charge is 0.123 e. The van der Waals surface area contributed by atoms with E-state index in [0.717, 1.165) is 29.5 Å². The zero-order valence-corrected chi connectivity index (χ0v) is 12.4. The number of aromatic hydroxyl groups is 2. The molecule has 0 aliphatic heterocycles. The lowest BCUT2D eigenvalue weighted by Gasteiger charge is -2.16. The summed E-state index contributed by atoms with van der Waals surface area (Å²) >= 11 is 0. The van der Waals surface area contributed by atoms with Crippen LogP contribution in [0.2, 0.25) is 0 Å². The molecule has 0 aliphatic rings. The first-order valence-corrected chi connectivity index (χ1v) is 7.28. The second kappa shape index (κ2) is 6.00. The van der Waals surface area contributed by atoms with Crippen molar-refractivity contribution in [3.05, 3.63) is 47.0 Å². The van der Waals surface area contributed by atoms with E-state index in [-0.39, 0.29) is 11.5 Å². The highest BCUT2D eigenvalue weighted by atomic mass is 16.3. The summed E-state index contributed by atoms with van der Waals surface area (Å²) in [5.74, 6) is 0.487. The maximum atomic E-state index is 10.2. The fraction of sp³-hybridized carbons (Fsp3) is 0.333. The molecule has 2 aromatic rings. The number of rotatable bonds is 4. The van der Waals surface area contributed by atoms with Gasteiger partial charge < -0.3 is 10.2 Å². The molecule has 0 bridgehead atoms. The third kappa shape index (κ3) is 2.51. The molecular formula is C18H22O2. The van der Waals surface area contributed by atoms with Crippen molar-refractivity contribution >= 4 is 0 Å². The molecule has 0 saturated carbocycles. The Bertz CT molecular complexity index is 615. The Hall–Kier alpha value is -1.96. The number of hydrogen-bond donors (Lipinski definition) is 2. The summed E-state index contributed by atoms with van der Waals surface area (Å²) in [5.41, 5.74) is 5.11. The maximum Gasteiger partial charge on any atom is 0.123 e. The number of benzene rings is 2. The second-order valence-corrected chi connectivity index (χ2v) is 5.01. The molecule has 2 nitrogen and oxygen atoms in total. The van der Waals surface area contributed by atoms with Gasteiger partial charge in [-0.05, 0) is 48.1 Å². The van der Waals surface area contributed by atoms with Crippen LogP contribution in [0.5, 0.6) is 11.5 Å². The van der Waals surface area contributed by atoms with Crippen LogP contribution in [-0.4, -0.2) is 10.2 Å². The topological polar surface area (TPSA) is 40.5 Å². The highest BCUT2D eigenvalue weighted by Gasteiger charge is 2.16. The largest absolute Gasteiger partial charge is 0.508 e. The summed E-state index contributed by atoms with van der Waals surface area (Å²) in [6.07, 6.45) is 2.59. The third-order valence-corrected chi connectivity index (χ3v) is 3.85. The molecule has 20 heavy (non-hydrogen) atoms. The fourth-order valence-corrected chi connectivity index (χ4v) is 2.69. The minimum absolute atomic E-state index is 0.235. The first kappa shape index (κ1) is 14.4. The van der Waals surface area contributed by atoms with Crippen molar-refractivity contribution in [2.45, 2.75) is 40.0 Å². The molecule has 0 fully saturated rings. The van der Waals surface area contributed by atoms with Crippen molar-refractivity contribution in [2.75, 3.05) is 0 Å². The summed E-state index contributed by atoms with van der Waals surface area (Å²) in [6, 6.07) is 9.47. The molecule has 0 aliphatic carbocycles. The van der Waals surface area contributed by atoms with Gasteiger partial charge in [0.15, 0.2) is 0 Å². The van der Waals surface area contributed by atoms with Gasteiger partial charge >= 0.3 is 0 Å². The third-order valence-electron chi connectivity index (χ3n) is 3.85. The second-order valence-electron chi connectivity index (χ2n) is 5.01. The van der Waals surface area contributed by atoms with Crippen LogP contribution in [0.25, 0.3) is 11.1 Å². The Morgan fingerprint density at radius 2 is 1.50 bits per heavy atom. The zero-order valence-electron chi connectivity index (χ0n) is 12.4. The van der Waals surface area contributed by atoms with Gasteiger partial charge in [-0.25, -0.2) is 0 Å². The first-order chi connectivity index (χ1) is 9.62. The van der Waals surface area contributed by atoms with E-state index in [0.29, 0.717) is 6.42 Å². The molecule has 0 radical (unpaired) electrons. The van der Waals surface area contributed by atoms with Crippen molar-refractivity contribution in [3.63, 3.8) is 0 Å². The lowest BCUT2D eigenvalue weighted by Crippen LogP contribution is -1.95. The van der Waals surface area contributed by atoms with Crippen molar-refractivity contribution in [1.82, 2.24) is 0 Å². The van der Waals surface area contributed by atoms with E-state index < -0.39 is 0 Å². The fourth-order valence-electron chi connectivity index (χ4n) is 2.69. The molecule has 2 N–H and O–H groups in total. The van der Waals surface area contributed by atoms with Gasteiger partial charge in [-0.1, -0.05) is 39.0 Å².